The van der Waals surface area contributed by atoms with Gasteiger partial charge in [-0.3, -0.25) is 0 Å². The molecule has 0 amide bonds. The second kappa shape index (κ2) is 5.43. The van der Waals surface area contributed by atoms with E-state index in [0.717, 1.165) is 6.42 Å². The molecule has 0 spiro atoms. The van der Waals surface area contributed by atoms with Crippen LogP contribution in [-0.2, 0) is 12.0 Å². The molecule has 0 saturated carbocycles. The average molecular weight is 323 g/mol. The highest BCUT2D eigenvalue weighted by atomic mass is 79.9. The maximum absolute atomic E-state index is 14.1. The molecule has 1 atom stereocenters. The Bertz CT molecular complexity index is 576. The summed E-state index contributed by atoms with van der Waals surface area (Å²) in [5, 5.41) is 10.7. The Morgan fingerprint density at radius 3 is 2.37 bits per heavy atom. The molecule has 1 unspecified atom stereocenters. The molecule has 0 aliphatic rings. The molecule has 0 aliphatic heterocycles. The fraction of sp³-hybridized carbons (Fsp3) is 0.250. The third-order valence-corrected chi connectivity index (χ3v) is 4.01. The van der Waals surface area contributed by atoms with Crippen molar-refractivity contribution in [3.05, 3.63) is 69.4 Å². The van der Waals surface area contributed by atoms with Crippen LogP contribution in [0.4, 0.5) is 4.39 Å². The van der Waals surface area contributed by atoms with E-state index in [1.165, 1.54) is 5.56 Å². The second-order valence-corrected chi connectivity index (χ2v) is 5.58. The van der Waals surface area contributed by atoms with Crippen LogP contribution in [0.15, 0.2) is 46.9 Å². The Labute approximate surface area is 121 Å². The summed E-state index contributed by atoms with van der Waals surface area (Å²) in [4.78, 5) is 0. The molecule has 0 heterocycles. The highest BCUT2D eigenvalue weighted by molar-refractivity contribution is 9.10. The van der Waals surface area contributed by atoms with E-state index in [9.17, 15) is 9.50 Å². The van der Waals surface area contributed by atoms with Gasteiger partial charge in [-0.15, -0.1) is 0 Å². The summed E-state index contributed by atoms with van der Waals surface area (Å²) in [6.07, 6.45) is 0.938. The van der Waals surface area contributed by atoms with Gasteiger partial charge in [-0.1, -0.05) is 43.3 Å². The van der Waals surface area contributed by atoms with Gasteiger partial charge in [0.1, 0.15) is 11.4 Å². The molecule has 0 saturated heterocycles. The molecule has 0 bridgehead atoms. The molecule has 0 radical (unpaired) electrons. The summed E-state index contributed by atoms with van der Waals surface area (Å²) in [7, 11) is 0. The Hall–Kier alpha value is -1.19. The first-order chi connectivity index (χ1) is 8.96. The smallest absolute Gasteiger partial charge is 0.143 e. The monoisotopic (exact) mass is 322 g/mol. The maximum atomic E-state index is 14.1. The highest BCUT2D eigenvalue weighted by Gasteiger charge is 2.29. The predicted octanol–water partition coefficient (Wildman–Crippen LogP) is 4.41. The van der Waals surface area contributed by atoms with Crippen LogP contribution < -0.4 is 0 Å². The summed E-state index contributed by atoms with van der Waals surface area (Å²) in [5.74, 6) is -0.424. The molecule has 2 aromatic carbocycles. The number of hydrogen-bond donors (Lipinski definition) is 1. The first kappa shape index (κ1) is 14.2. The molecule has 1 nitrogen and oxygen atoms in total. The van der Waals surface area contributed by atoms with Gasteiger partial charge in [0.15, 0.2) is 0 Å². The number of benzene rings is 2. The average Bonchev–Trinajstić information content (AvgIpc) is 2.41. The SMILES string of the molecule is CCc1ccc(C(C)(O)c2cccc(Br)c2F)cc1. The molecule has 3 heteroatoms. The Balaban J connectivity index is 2.48. The third-order valence-electron chi connectivity index (χ3n) is 3.40. The number of aryl methyl sites for hydroxylation is 1. The molecule has 100 valence electrons. The minimum Gasteiger partial charge on any atom is -0.381 e. The van der Waals surface area contributed by atoms with E-state index < -0.39 is 11.4 Å². The highest BCUT2D eigenvalue weighted by Crippen LogP contribution is 2.33. The quantitative estimate of drug-likeness (QED) is 0.887. The van der Waals surface area contributed by atoms with Gasteiger partial charge in [-0.25, -0.2) is 4.39 Å². The summed E-state index contributed by atoms with van der Waals surface area (Å²) in [6.45, 7) is 3.68. The lowest BCUT2D eigenvalue weighted by Crippen LogP contribution is -2.24. The van der Waals surface area contributed by atoms with Gasteiger partial charge in [0, 0.05) is 5.56 Å². The number of aliphatic hydroxyl groups is 1. The molecule has 0 aromatic heterocycles. The standard InChI is InChI=1S/C16H16BrFO/c1-3-11-7-9-12(10-8-11)16(2,19)13-5-4-6-14(17)15(13)18/h4-10,19H,3H2,1-2H3. The number of halogens is 2. The van der Waals surface area contributed by atoms with Crippen molar-refractivity contribution >= 4 is 15.9 Å². The number of rotatable bonds is 3. The van der Waals surface area contributed by atoms with Crippen molar-refractivity contribution in [3.8, 4) is 0 Å². The molecule has 1 N–H and O–H groups in total. The minimum atomic E-state index is -1.35. The van der Waals surface area contributed by atoms with Crippen molar-refractivity contribution in [2.45, 2.75) is 25.9 Å². The van der Waals surface area contributed by atoms with Crippen LogP contribution in [0.25, 0.3) is 0 Å². The van der Waals surface area contributed by atoms with E-state index in [-0.39, 0.29) is 5.56 Å². The lowest BCUT2D eigenvalue weighted by Gasteiger charge is -2.25. The van der Waals surface area contributed by atoms with Crippen LogP contribution in [-0.4, -0.2) is 5.11 Å². The molecule has 2 aromatic rings. The molecule has 0 fully saturated rings. The van der Waals surface area contributed by atoms with Gasteiger partial charge in [0.25, 0.3) is 0 Å². The Morgan fingerprint density at radius 1 is 1.16 bits per heavy atom. The maximum Gasteiger partial charge on any atom is 0.143 e. The first-order valence-corrected chi connectivity index (χ1v) is 7.02. The van der Waals surface area contributed by atoms with Crippen molar-refractivity contribution in [1.82, 2.24) is 0 Å². The van der Waals surface area contributed by atoms with E-state index >= 15 is 0 Å². The number of hydrogen-bond acceptors (Lipinski definition) is 1. The first-order valence-electron chi connectivity index (χ1n) is 6.23. The van der Waals surface area contributed by atoms with Crippen LogP contribution in [0.1, 0.15) is 30.5 Å². The normalized spacial score (nSPS) is 14.2. The Morgan fingerprint density at radius 2 is 1.79 bits per heavy atom. The van der Waals surface area contributed by atoms with Crippen molar-refractivity contribution in [3.63, 3.8) is 0 Å². The van der Waals surface area contributed by atoms with Crippen LogP contribution in [0.2, 0.25) is 0 Å². The van der Waals surface area contributed by atoms with Gasteiger partial charge in [0.05, 0.1) is 4.47 Å². The van der Waals surface area contributed by atoms with E-state index in [0.29, 0.717) is 10.0 Å². The predicted molar refractivity (Wildman–Crippen MR) is 78.6 cm³/mol. The van der Waals surface area contributed by atoms with Gasteiger partial charge < -0.3 is 5.11 Å². The van der Waals surface area contributed by atoms with Gasteiger partial charge in [-0.05, 0) is 46.5 Å². The zero-order valence-corrected chi connectivity index (χ0v) is 12.5. The second-order valence-electron chi connectivity index (χ2n) is 4.72. The lowest BCUT2D eigenvalue weighted by molar-refractivity contribution is 0.0978. The Kier molecular flexibility index (Phi) is 4.07. The minimum absolute atomic E-state index is 0.270. The van der Waals surface area contributed by atoms with Crippen LogP contribution in [0.3, 0.4) is 0 Å². The van der Waals surface area contributed by atoms with Crippen LogP contribution in [0.5, 0.6) is 0 Å². The molecule has 0 aliphatic carbocycles. The van der Waals surface area contributed by atoms with Crippen LogP contribution >= 0.6 is 15.9 Å². The van der Waals surface area contributed by atoms with Crippen LogP contribution in [0, 0.1) is 5.82 Å². The van der Waals surface area contributed by atoms with E-state index in [2.05, 4.69) is 22.9 Å². The molecule has 2 rings (SSSR count). The van der Waals surface area contributed by atoms with E-state index in [1.54, 1.807) is 25.1 Å². The van der Waals surface area contributed by atoms with Gasteiger partial charge in [0.2, 0.25) is 0 Å². The van der Waals surface area contributed by atoms with Crippen molar-refractivity contribution in [2.24, 2.45) is 0 Å². The van der Waals surface area contributed by atoms with E-state index in [1.807, 2.05) is 24.3 Å². The summed E-state index contributed by atoms with van der Waals surface area (Å²) in [6, 6.07) is 12.6. The summed E-state index contributed by atoms with van der Waals surface area (Å²) in [5.41, 5.74) is 0.794. The topological polar surface area (TPSA) is 20.2 Å². The molecular formula is C16H16BrFO. The van der Waals surface area contributed by atoms with E-state index in [4.69, 9.17) is 0 Å². The summed E-state index contributed by atoms with van der Waals surface area (Å²) < 4.78 is 14.5. The van der Waals surface area contributed by atoms with Crippen molar-refractivity contribution < 1.29 is 9.50 Å². The van der Waals surface area contributed by atoms with Crippen molar-refractivity contribution in [2.75, 3.05) is 0 Å². The molecule has 19 heavy (non-hydrogen) atoms. The largest absolute Gasteiger partial charge is 0.381 e. The molecular weight excluding hydrogens is 307 g/mol. The zero-order chi connectivity index (χ0) is 14.0. The zero-order valence-electron chi connectivity index (χ0n) is 11.0. The fourth-order valence-corrected chi connectivity index (χ4v) is 2.47. The van der Waals surface area contributed by atoms with Gasteiger partial charge in [-0.2, -0.15) is 0 Å². The fourth-order valence-electron chi connectivity index (χ4n) is 2.10. The van der Waals surface area contributed by atoms with Gasteiger partial charge >= 0.3 is 0 Å². The third kappa shape index (κ3) is 2.72. The van der Waals surface area contributed by atoms with Crippen molar-refractivity contribution in [1.29, 1.82) is 0 Å². The summed E-state index contributed by atoms with van der Waals surface area (Å²) >= 11 is 3.15. The lowest BCUT2D eigenvalue weighted by atomic mass is 9.87.